The summed E-state index contributed by atoms with van der Waals surface area (Å²) in [5.74, 6) is 2.71. The number of aromatic nitrogens is 2. The number of carbonyl (C=O) groups is 1. The normalized spacial score (nSPS) is 18.3. The topological polar surface area (TPSA) is 59.2 Å². The third kappa shape index (κ3) is 2.26. The van der Waals surface area contributed by atoms with Gasteiger partial charge in [-0.05, 0) is 24.3 Å². The number of hydrogen-bond acceptors (Lipinski definition) is 4. The van der Waals surface area contributed by atoms with Gasteiger partial charge in [-0.2, -0.15) is 0 Å². The highest BCUT2D eigenvalue weighted by Gasteiger charge is 2.32. The first-order valence-corrected chi connectivity index (χ1v) is 6.41. The van der Waals surface area contributed by atoms with E-state index >= 15 is 0 Å². The maximum atomic E-state index is 11.8. The van der Waals surface area contributed by atoms with Crippen molar-refractivity contribution in [1.29, 1.82) is 0 Å². The van der Waals surface area contributed by atoms with Crippen LogP contribution in [-0.4, -0.2) is 22.6 Å². The predicted molar refractivity (Wildman–Crippen MR) is 74.0 cm³/mol. The Balaban J connectivity index is 1.86. The molecule has 1 atom stereocenters. The molecule has 0 saturated carbocycles. The predicted octanol–water partition coefficient (Wildman–Crippen LogP) is 2.38. The van der Waals surface area contributed by atoms with Gasteiger partial charge in [0.1, 0.15) is 0 Å². The Morgan fingerprint density at radius 2 is 2.10 bits per heavy atom. The van der Waals surface area contributed by atoms with Crippen LogP contribution in [0.3, 0.4) is 0 Å². The number of amides is 1. The molecule has 2 aromatic rings. The Labute approximate surface area is 120 Å². The molecule has 100 valence electrons. The van der Waals surface area contributed by atoms with Crippen LogP contribution in [0.2, 0.25) is 5.02 Å². The van der Waals surface area contributed by atoms with Crippen LogP contribution in [0.5, 0.6) is 0 Å². The highest BCUT2D eigenvalue weighted by molar-refractivity contribution is 6.30. The third-order valence-corrected chi connectivity index (χ3v) is 3.35. The molecule has 1 amide bonds. The van der Waals surface area contributed by atoms with Gasteiger partial charge < -0.3 is 4.42 Å². The van der Waals surface area contributed by atoms with E-state index in [0.29, 0.717) is 23.9 Å². The number of terminal acetylenes is 1. The molecule has 20 heavy (non-hydrogen) atoms. The number of nitrogens with zero attached hydrogens (tertiary/aromatic N) is 3. The Hall–Kier alpha value is -2.32. The van der Waals surface area contributed by atoms with Crippen LogP contribution < -0.4 is 4.90 Å². The fourth-order valence-electron chi connectivity index (χ4n) is 2.04. The van der Waals surface area contributed by atoms with E-state index in [2.05, 4.69) is 16.1 Å². The van der Waals surface area contributed by atoms with Crippen LogP contribution in [0.4, 0.5) is 6.01 Å². The first-order chi connectivity index (χ1) is 9.67. The minimum Gasteiger partial charge on any atom is -0.403 e. The molecule has 3 rings (SSSR count). The molecule has 0 spiro atoms. The Morgan fingerprint density at radius 1 is 1.35 bits per heavy atom. The van der Waals surface area contributed by atoms with Crippen molar-refractivity contribution in [3.8, 4) is 23.8 Å². The van der Waals surface area contributed by atoms with Crippen molar-refractivity contribution in [2.24, 2.45) is 5.92 Å². The molecule has 1 unspecified atom stereocenters. The van der Waals surface area contributed by atoms with Gasteiger partial charge in [-0.25, -0.2) is 0 Å². The molecule has 1 aliphatic heterocycles. The van der Waals surface area contributed by atoms with Gasteiger partial charge in [0.15, 0.2) is 0 Å². The Kier molecular flexibility index (Phi) is 3.17. The summed E-state index contributed by atoms with van der Waals surface area (Å²) < 4.78 is 5.53. The summed E-state index contributed by atoms with van der Waals surface area (Å²) >= 11 is 5.82. The van der Waals surface area contributed by atoms with E-state index in [1.807, 2.05) is 0 Å². The zero-order valence-electron chi connectivity index (χ0n) is 10.4. The molecule has 2 heterocycles. The molecule has 5 nitrogen and oxygen atoms in total. The minimum absolute atomic E-state index is 0.0979. The lowest BCUT2D eigenvalue weighted by Gasteiger charge is -2.08. The number of benzene rings is 1. The van der Waals surface area contributed by atoms with E-state index in [1.54, 1.807) is 24.3 Å². The minimum atomic E-state index is -0.103. The average molecular weight is 288 g/mol. The Bertz CT molecular complexity index is 687. The van der Waals surface area contributed by atoms with Crippen LogP contribution in [0.1, 0.15) is 6.42 Å². The second-order valence-corrected chi connectivity index (χ2v) is 4.91. The second kappa shape index (κ2) is 4.99. The molecule has 1 saturated heterocycles. The molecule has 6 heteroatoms. The van der Waals surface area contributed by atoms with Gasteiger partial charge in [0, 0.05) is 29.5 Å². The molecule has 1 fully saturated rings. The zero-order valence-corrected chi connectivity index (χ0v) is 11.2. The van der Waals surface area contributed by atoms with Gasteiger partial charge in [-0.1, -0.05) is 16.7 Å². The first-order valence-electron chi connectivity index (χ1n) is 6.03. The fourth-order valence-corrected chi connectivity index (χ4v) is 2.16. The lowest BCUT2D eigenvalue weighted by Crippen LogP contribution is -2.24. The van der Waals surface area contributed by atoms with Crippen LogP contribution in [-0.2, 0) is 4.79 Å². The second-order valence-electron chi connectivity index (χ2n) is 4.47. The summed E-state index contributed by atoms with van der Waals surface area (Å²) in [7, 11) is 0. The summed E-state index contributed by atoms with van der Waals surface area (Å²) in [6.45, 7) is 0.414. The zero-order chi connectivity index (χ0) is 14.1. The molecule has 1 aromatic heterocycles. The van der Waals surface area contributed by atoms with Crippen LogP contribution >= 0.6 is 11.6 Å². The number of hydrogen-bond donors (Lipinski definition) is 0. The van der Waals surface area contributed by atoms with Crippen molar-refractivity contribution in [2.75, 3.05) is 11.4 Å². The van der Waals surface area contributed by atoms with Crippen molar-refractivity contribution >= 4 is 23.5 Å². The molecular formula is C14H10ClN3O2. The van der Waals surface area contributed by atoms with Crippen molar-refractivity contribution in [3.63, 3.8) is 0 Å². The molecular weight excluding hydrogens is 278 g/mol. The van der Waals surface area contributed by atoms with Crippen molar-refractivity contribution in [1.82, 2.24) is 10.2 Å². The largest absolute Gasteiger partial charge is 0.403 e. The van der Waals surface area contributed by atoms with E-state index in [9.17, 15) is 4.79 Å². The number of rotatable bonds is 2. The first kappa shape index (κ1) is 12.7. The lowest BCUT2D eigenvalue weighted by atomic mass is 10.1. The van der Waals surface area contributed by atoms with Crippen molar-refractivity contribution in [2.45, 2.75) is 6.42 Å². The molecule has 0 aliphatic carbocycles. The summed E-state index contributed by atoms with van der Waals surface area (Å²) in [5.41, 5.74) is 0.744. The van der Waals surface area contributed by atoms with Gasteiger partial charge in [0.2, 0.25) is 11.8 Å². The van der Waals surface area contributed by atoms with Gasteiger partial charge in [0.05, 0.1) is 0 Å². The molecule has 0 N–H and O–H groups in total. The van der Waals surface area contributed by atoms with E-state index in [0.717, 1.165) is 5.56 Å². The maximum absolute atomic E-state index is 11.8. The summed E-state index contributed by atoms with van der Waals surface area (Å²) in [6, 6.07) is 7.19. The molecule has 1 aromatic carbocycles. The van der Waals surface area contributed by atoms with Gasteiger partial charge in [0.25, 0.3) is 0 Å². The number of halogens is 1. The summed E-state index contributed by atoms with van der Waals surface area (Å²) in [6.07, 6.45) is 5.65. The molecule has 0 radical (unpaired) electrons. The van der Waals surface area contributed by atoms with E-state index in [-0.39, 0.29) is 17.8 Å². The quantitative estimate of drug-likeness (QED) is 0.796. The van der Waals surface area contributed by atoms with Gasteiger partial charge >= 0.3 is 6.01 Å². The average Bonchev–Trinajstić information content (AvgIpc) is 3.06. The SMILES string of the molecule is C#CC1CC(=O)N(c2nnc(-c3ccc(Cl)cc3)o2)C1. The smallest absolute Gasteiger partial charge is 0.325 e. The van der Waals surface area contributed by atoms with Crippen molar-refractivity contribution in [3.05, 3.63) is 29.3 Å². The van der Waals surface area contributed by atoms with E-state index in [1.165, 1.54) is 4.90 Å². The van der Waals surface area contributed by atoms with Crippen LogP contribution in [0.15, 0.2) is 28.7 Å². The molecule has 1 aliphatic rings. The molecule has 0 bridgehead atoms. The fraction of sp³-hybridized carbons (Fsp3) is 0.214. The number of carbonyl (C=O) groups excluding carboxylic acids is 1. The summed E-state index contributed by atoms with van der Waals surface area (Å²) in [4.78, 5) is 13.2. The standard InChI is InChI=1S/C14H10ClN3O2/c1-2-9-7-12(19)18(8-9)14-17-16-13(20-14)10-3-5-11(15)6-4-10/h1,3-6,9H,7-8H2. The number of anilines is 1. The van der Waals surface area contributed by atoms with Crippen LogP contribution in [0, 0.1) is 18.3 Å². The summed E-state index contributed by atoms with van der Waals surface area (Å²) in [5, 5.41) is 8.47. The Morgan fingerprint density at radius 3 is 2.75 bits per heavy atom. The highest BCUT2D eigenvalue weighted by Crippen LogP contribution is 2.27. The monoisotopic (exact) mass is 287 g/mol. The third-order valence-electron chi connectivity index (χ3n) is 3.10. The van der Waals surface area contributed by atoms with Gasteiger partial charge in [-0.3, -0.25) is 9.69 Å². The van der Waals surface area contributed by atoms with E-state index < -0.39 is 0 Å². The van der Waals surface area contributed by atoms with Crippen molar-refractivity contribution < 1.29 is 9.21 Å². The van der Waals surface area contributed by atoms with Crippen LogP contribution in [0.25, 0.3) is 11.5 Å². The van der Waals surface area contributed by atoms with Gasteiger partial charge in [-0.15, -0.1) is 17.4 Å². The maximum Gasteiger partial charge on any atom is 0.325 e. The highest BCUT2D eigenvalue weighted by atomic mass is 35.5. The lowest BCUT2D eigenvalue weighted by molar-refractivity contribution is -0.117. The van der Waals surface area contributed by atoms with E-state index in [4.69, 9.17) is 22.4 Å².